The minimum atomic E-state index is -0.326. The monoisotopic (exact) mass is 187 g/mol. The van der Waals surface area contributed by atoms with Gasteiger partial charge in [0.2, 0.25) is 5.91 Å². The van der Waals surface area contributed by atoms with Crippen LogP contribution in [0.5, 0.6) is 0 Å². The molecule has 0 aromatic heterocycles. The SMILES string of the molecule is CC(CCCO)NC(=O)C(C)(C)C. The van der Waals surface area contributed by atoms with Crippen molar-refractivity contribution in [2.45, 2.75) is 46.6 Å². The Morgan fingerprint density at radius 2 is 2.00 bits per heavy atom. The molecule has 13 heavy (non-hydrogen) atoms. The number of aliphatic hydroxyl groups excluding tert-OH is 1. The highest BCUT2D eigenvalue weighted by atomic mass is 16.2. The van der Waals surface area contributed by atoms with E-state index in [0.29, 0.717) is 0 Å². The molecule has 3 nitrogen and oxygen atoms in total. The van der Waals surface area contributed by atoms with Gasteiger partial charge in [0.1, 0.15) is 0 Å². The van der Waals surface area contributed by atoms with Crippen LogP contribution >= 0.6 is 0 Å². The fourth-order valence-corrected chi connectivity index (χ4v) is 0.910. The largest absolute Gasteiger partial charge is 0.396 e. The standard InChI is InChI=1S/C10H21NO2/c1-8(6-5-7-12)11-9(13)10(2,3)4/h8,12H,5-7H2,1-4H3,(H,11,13). The van der Waals surface area contributed by atoms with Crippen molar-refractivity contribution in [3.8, 4) is 0 Å². The van der Waals surface area contributed by atoms with Crippen molar-refractivity contribution in [1.29, 1.82) is 0 Å². The van der Waals surface area contributed by atoms with Gasteiger partial charge < -0.3 is 10.4 Å². The summed E-state index contributed by atoms with van der Waals surface area (Å²) in [5, 5.41) is 11.5. The molecule has 0 aliphatic carbocycles. The highest BCUT2D eigenvalue weighted by Crippen LogP contribution is 2.13. The first-order chi connectivity index (χ1) is 5.88. The smallest absolute Gasteiger partial charge is 0.225 e. The van der Waals surface area contributed by atoms with Gasteiger partial charge in [-0.1, -0.05) is 20.8 Å². The van der Waals surface area contributed by atoms with E-state index in [2.05, 4.69) is 5.32 Å². The Morgan fingerprint density at radius 3 is 2.38 bits per heavy atom. The van der Waals surface area contributed by atoms with E-state index in [9.17, 15) is 4.79 Å². The highest BCUT2D eigenvalue weighted by Gasteiger charge is 2.22. The van der Waals surface area contributed by atoms with Crippen molar-refractivity contribution in [3.63, 3.8) is 0 Å². The summed E-state index contributed by atoms with van der Waals surface area (Å²) < 4.78 is 0. The zero-order valence-electron chi connectivity index (χ0n) is 9.05. The Kier molecular flexibility index (Phi) is 4.99. The van der Waals surface area contributed by atoms with E-state index in [4.69, 9.17) is 5.11 Å². The van der Waals surface area contributed by atoms with Crippen LogP contribution in [0.25, 0.3) is 0 Å². The molecule has 0 radical (unpaired) electrons. The summed E-state index contributed by atoms with van der Waals surface area (Å²) in [6, 6.07) is 0.152. The van der Waals surface area contributed by atoms with Gasteiger partial charge >= 0.3 is 0 Å². The van der Waals surface area contributed by atoms with Crippen LogP contribution < -0.4 is 5.32 Å². The average molecular weight is 187 g/mol. The minimum absolute atomic E-state index is 0.0675. The summed E-state index contributed by atoms with van der Waals surface area (Å²) in [7, 11) is 0. The maximum absolute atomic E-state index is 11.5. The fourth-order valence-electron chi connectivity index (χ4n) is 0.910. The number of carbonyl (C=O) groups excluding carboxylic acids is 1. The summed E-state index contributed by atoms with van der Waals surface area (Å²) in [5.41, 5.74) is -0.326. The number of rotatable bonds is 4. The molecule has 3 heteroatoms. The predicted octanol–water partition coefficient (Wildman–Crippen LogP) is 1.31. The van der Waals surface area contributed by atoms with Crippen LogP contribution in [-0.2, 0) is 4.79 Å². The predicted molar refractivity (Wildman–Crippen MR) is 53.4 cm³/mol. The molecule has 0 saturated carbocycles. The highest BCUT2D eigenvalue weighted by molar-refractivity contribution is 5.81. The van der Waals surface area contributed by atoms with Crippen LogP contribution in [0, 0.1) is 5.41 Å². The quantitative estimate of drug-likeness (QED) is 0.697. The van der Waals surface area contributed by atoms with Gasteiger partial charge in [-0.05, 0) is 19.8 Å². The van der Waals surface area contributed by atoms with E-state index in [1.165, 1.54) is 0 Å². The third-order valence-corrected chi connectivity index (χ3v) is 1.85. The molecule has 2 N–H and O–H groups in total. The van der Waals surface area contributed by atoms with Gasteiger partial charge in [-0.3, -0.25) is 4.79 Å². The van der Waals surface area contributed by atoms with Gasteiger partial charge in [-0.15, -0.1) is 0 Å². The first kappa shape index (κ1) is 12.4. The minimum Gasteiger partial charge on any atom is -0.396 e. The Labute approximate surface area is 80.5 Å². The van der Waals surface area contributed by atoms with E-state index >= 15 is 0 Å². The Morgan fingerprint density at radius 1 is 1.46 bits per heavy atom. The Hall–Kier alpha value is -0.570. The number of hydrogen-bond acceptors (Lipinski definition) is 2. The number of carbonyl (C=O) groups is 1. The summed E-state index contributed by atoms with van der Waals surface area (Å²) in [5.74, 6) is 0.0675. The zero-order valence-corrected chi connectivity index (χ0v) is 9.05. The zero-order chi connectivity index (χ0) is 10.5. The molecule has 0 aromatic rings. The molecule has 0 fully saturated rings. The van der Waals surface area contributed by atoms with Crippen LogP contribution in [0.1, 0.15) is 40.5 Å². The third-order valence-electron chi connectivity index (χ3n) is 1.85. The molecule has 1 amide bonds. The molecule has 0 aliphatic heterocycles. The molecule has 1 unspecified atom stereocenters. The average Bonchev–Trinajstić information content (AvgIpc) is 1.99. The van der Waals surface area contributed by atoms with E-state index < -0.39 is 0 Å². The van der Waals surface area contributed by atoms with Crippen LogP contribution in [0.2, 0.25) is 0 Å². The number of amides is 1. The first-order valence-electron chi connectivity index (χ1n) is 4.79. The van der Waals surface area contributed by atoms with Crippen molar-refractivity contribution >= 4 is 5.91 Å². The normalized spacial score (nSPS) is 13.9. The number of hydrogen-bond donors (Lipinski definition) is 2. The lowest BCUT2D eigenvalue weighted by atomic mass is 9.95. The number of aliphatic hydroxyl groups is 1. The summed E-state index contributed by atoms with van der Waals surface area (Å²) in [6.45, 7) is 7.82. The summed E-state index contributed by atoms with van der Waals surface area (Å²) in [6.07, 6.45) is 1.57. The Balaban J connectivity index is 3.79. The molecule has 0 spiro atoms. The lowest BCUT2D eigenvalue weighted by Crippen LogP contribution is -2.40. The van der Waals surface area contributed by atoms with Gasteiger partial charge in [0.15, 0.2) is 0 Å². The van der Waals surface area contributed by atoms with Gasteiger partial charge in [0, 0.05) is 18.1 Å². The van der Waals surface area contributed by atoms with Crippen LogP contribution in [0.15, 0.2) is 0 Å². The second kappa shape index (κ2) is 5.22. The molecule has 0 saturated heterocycles. The second-order valence-electron chi connectivity index (χ2n) is 4.49. The van der Waals surface area contributed by atoms with Crippen molar-refractivity contribution in [2.24, 2.45) is 5.41 Å². The van der Waals surface area contributed by atoms with Gasteiger partial charge in [-0.25, -0.2) is 0 Å². The lowest BCUT2D eigenvalue weighted by molar-refractivity contribution is -0.129. The van der Waals surface area contributed by atoms with E-state index in [-0.39, 0.29) is 24.0 Å². The molecular weight excluding hydrogens is 166 g/mol. The fraction of sp³-hybridized carbons (Fsp3) is 0.900. The molecule has 0 rings (SSSR count). The summed E-state index contributed by atoms with van der Waals surface area (Å²) in [4.78, 5) is 11.5. The topological polar surface area (TPSA) is 49.3 Å². The lowest BCUT2D eigenvalue weighted by Gasteiger charge is -2.21. The molecule has 0 heterocycles. The van der Waals surface area contributed by atoms with E-state index in [1.54, 1.807) is 0 Å². The van der Waals surface area contributed by atoms with Crippen LogP contribution in [0.3, 0.4) is 0 Å². The molecule has 78 valence electrons. The van der Waals surface area contributed by atoms with Crippen LogP contribution in [0.4, 0.5) is 0 Å². The van der Waals surface area contributed by atoms with Crippen molar-refractivity contribution in [3.05, 3.63) is 0 Å². The van der Waals surface area contributed by atoms with Gasteiger partial charge in [0.25, 0.3) is 0 Å². The second-order valence-corrected chi connectivity index (χ2v) is 4.49. The van der Waals surface area contributed by atoms with Gasteiger partial charge in [-0.2, -0.15) is 0 Å². The molecular formula is C10H21NO2. The van der Waals surface area contributed by atoms with E-state index in [1.807, 2.05) is 27.7 Å². The van der Waals surface area contributed by atoms with Gasteiger partial charge in [0.05, 0.1) is 0 Å². The summed E-state index contributed by atoms with van der Waals surface area (Å²) >= 11 is 0. The Bertz CT molecular complexity index is 161. The van der Waals surface area contributed by atoms with Crippen molar-refractivity contribution < 1.29 is 9.90 Å². The third kappa shape index (κ3) is 5.64. The molecule has 0 aromatic carbocycles. The molecule has 0 aliphatic rings. The van der Waals surface area contributed by atoms with Crippen molar-refractivity contribution in [1.82, 2.24) is 5.32 Å². The molecule has 1 atom stereocenters. The van der Waals surface area contributed by atoms with Crippen molar-refractivity contribution in [2.75, 3.05) is 6.61 Å². The maximum Gasteiger partial charge on any atom is 0.225 e. The van der Waals surface area contributed by atoms with Crippen LogP contribution in [-0.4, -0.2) is 23.7 Å². The molecule has 0 bridgehead atoms. The van der Waals surface area contributed by atoms with E-state index in [0.717, 1.165) is 12.8 Å². The first-order valence-corrected chi connectivity index (χ1v) is 4.79. The number of nitrogens with one attached hydrogen (secondary N) is 1. The maximum atomic E-state index is 11.5.